The first-order valence-electron chi connectivity index (χ1n) is 11.4. The molecular formula is C27H24N4O3S. The maximum absolute atomic E-state index is 13.2. The predicted molar refractivity (Wildman–Crippen MR) is 136 cm³/mol. The lowest BCUT2D eigenvalue weighted by Gasteiger charge is -2.25. The molecule has 7 nitrogen and oxygen atoms in total. The van der Waals surface area contributed by atoms with Crippen LogP contribution in [0.4, 0.5) is 10.5 Å². The van der Waals surface area contributed by atoms with Crippen molar-refractivity contribution >= 4 is 45.1 Å². The third-order valence-corrected chi connectivity index (χ3v) is 7.24. The van der Waals surface area contributed by atoms with E-state index in [1.165, 1.54) is 0 Å². The third kappa shape index (κ3) is 4.40. The number of anilines is 1. The fourth-order valence-electron chi connectivity index (χ4n) is 4.35. The number of hydrogen-bond donors (Lipinski definition) is 2. The van der Waals surface area contributed by atoms with Crippen molar-refractivity contribution in [2.24, 2.45) is 0 Å². The number of hydrogen-bond acceptors (Lipinski definition) is 5. The highest BCUT2D eigenvalue weighted by Crippen LogP contribution is 2.32. The molecule has 0 radical (unpaired) electrons. The van der Waals surface area contributed by atoms with Gasteiger partial charge in [-0.3, -0.25) is 14.5 Å². The number of carbonyl (C=O) groups is 3. The lowest BCUT2D eigenvalue weighted by molar-refractivity contribution is -0.134. The van der Waals surface area contributed by atoms with Gasteiger partial charge in [0, 0.05) is 12.1 Å². The lowest BCUT2D eigenvalue weighted by Crippen LogP contribution is -2.44. The fraction of sp³-hybridized carbons (Fsp3) is 0.185. The summed E-state index contributed by atoms with van der Waals surface area (Å²) in [6, 6.07) is 24.1. The summed E-state index contributed by atoms with van der Waals surface area (Å²) in [6.07, 6.45) is 1.09. The van der Waals surface area contributed by atoms with Crippen molar-refractivity contribution in [3.8, 4) is 0 Å². The van der Waals surface area contributed by atoms with Crippen LogP contribution in [0, 0.1) is 0 Å². The van der Waals surface area contributed by atoms with Gasteiger partial charge in [-0.25, -0.2) is 9.78 Å². The summed E-state index contributed by atoms with van der Waals surface area (Å²) in [5, 5.41) is 6.60. The largest absolute Gasteiger partial charge is 0.325 e. The van der Waals surface area contributed by atoms with E-state index in [0.29, 0.717) is 24.1 Å². The number of nitrogens with one attached hydrogen (secondary N) is 2. The summed E-state index contributed by atoms with van der Waals surface area (Å²) < 4.78 is 1.16. The van der Waals surface area contributed by atoms with E-state index in [-0.39, 0.29) is 6.54 Å². The van der Waals surface area contributed by atoms with E-state index in [0.717, 1.165) is 25.7 Å². The number of rotatable bonds is 7. The van der Waals surface area contributed by atoms with Crippen LogP contribution in [0.1, 0.15) is 29.5 Å². The van der Waals surface area contributed by atoms with Crippen LogP contribution in [0.2, 0.25) is 0 Å². The molecule has 1 aliphatic rings. The molecule has 0 saturated carbocycles. The predicted octanol–water partition coefficient (Wildman–Crippen LogP) is 4.68. The van der Waals surface area contributed by atoms with Gasteiger partial charge >= 0.3 is 6.03 Å². The molecule has 2 heterocycles. The van der Waals surface area contributed by atoms with Crippen molar-refractivity contribution in [1.82, 2.24) is 15.2 Å². The molecule has 1 fully saturated rings. The summed E-state index contributed by atoms with van der Waals surface area (Å²) in [7, 11) is 0. The molecule has 4 aromatic rings. The van der Waals surface area contributed by atoms with E-state index in [1.807, 2.05) is 67.6 Å². The van der Waals surface area contributed by atoms with Crippen LogP contribution in [0.15, 0.2) is 78.9 Å². The number of nitrogens with zero attached hydrogens (tertiary/aromatic N) is 2. The molecule has 1 aromatic heterocycles. The molecule has 1 atom stereocenters. The molecule has 0 spiro atoms. The average Bonchev–Trinajstić information content (AvgIpc) is 3.39. The number of benzene rings is 3. The zero-order chi connectivity index (χ0) is 24.4. The van der Waals surface area contributed by atoms with E-state index in [2.05, 4.69) is 21.7 Å². The van der Waals surface area contributed by atoms with E-state index in [9.17, 15) is 14.4 Å². The number of fused-ring (bicyclic) bond motifs is 1. The van der Waals surface area contributed by atoms with Gasteiger partial charge in [0.15, 0.2) is 0 Å². The normalized spacial score (nSPS) is 17.6. The lowest BCUT2D eigenvalue weighted by atomic mass is 9.87. The Morgan fingerprint density at radius 2 is 1.71 bits per heavy atom. The van der Waals surface area contributed by atoms with Gasteiger partial charge in [0.2, 0.25) is 5.91 Å². The SMILES string of the molecule is CCC1(c2ccccc2)NC(=O)N(CC(=O)Nc2ccc(Cc3nc4ccccc4s3)cc2)C1=O. The molecule has 1 aliphatic heterocycles. The average molecular weight is 485 g/mol. The number of para-hydroxylation sites is 1. The summed E-state index contributed by atoms with van der Waals surface area (Å²) in [6.45, 7) is 1.48. The number of urea groups is 1. The van der Waals surface area contributed by atoms with Crippen molar-refractivity contribution in [2.45, 2.75) is 25.3 Å². The summed E-state index contributed by atoms with van der Waals surface area (Å²) in [5.74, 6) is -0.857. The van der Waals surface area contributed by atoms with Crippen molar-refractivity contribution in [2.75, 3.05) is 11.9 Å². The molecule has 4 amide bonds. The van der Waals surface area contributed by atoms with Gasteiger partial charge < -0.3 is 10.6 Å². The molecule has 35 heavy (non-hydrogen) atoms. The third-order valence-electron chi connectivity index (χ3n) is 6.21. The zero-order valence-electron chi connectivity index (χ0n) is 19.2. The molecule has 1 saturated heterocycles. The standard InChI is InChI=1S/C27H24N4O3S/c1-2-27(19-8-4-3-5-9-19)25(33)31(26(34)30-27)17-23(32)28-20-14-12-18(13-15-20)16-24-29-21-10-6-7-11-22(21)35-24/h3-15H,2,16-17H2,1H3,(H,28,32)(H,30,34). The first-order chi connectivity index (χ1) is 17.0. The topological polar surface area (TPSA) is 91.4 Å². The van der Waals surface area contributed by atoms with Gasteiger partial charge in [0.1, 0.15) is 12.1 Å². The first-order valence-corrected chi connectivity index (χ1v) is 12.2. The second-order valence-electron chi connectivity index (χ2n) is 8.44. The van der Waals surface area contributed by atoms with Gasteiger partial charge in [-0.2, -0.15) is 0 Å². The summed E-state index contributed by atoms with van der Waals surface area (Å²) >= 11 is 1.67. The zero-order valence-corrected chi connectivity index (χ0v) is 20.0. The summed E-state index contributed by atoms with van der Waals surface area (Å²) in [5.41, 5.74) is 2.22. The molecule has 1 unspecified atom stereocenters. The Bertz CT molecular complexity index is 1370. The second kappa shape index (κ2) is 9.31. The Kier molecular flexibility index (Phi) is 6.05. The maximum atomic E-state index is 13.2. The Balaban J connectivity index is 1.23. The van der Waals surface area contributed by atoms with Crippen molar-refractivity contribution in [1.29, 1.82) is 0 Å². The highest BCUT2D eigenvalue weighted by Gasteiger charge is 2.51. The van der Waals surface area contributed by atoms with E-state index < -0.39 is 23.4 Å². The number of thiazole rings is 1. The smallest absolute Gasteiger partial charge is 0.325 e. The Morgan fingerprint density at radius 3 is 2.43 bits per heavy atom. The molecular weight excluding hydrogens is 460 g/mol. The van der Waals surface area contributed by atoms with E-state index >= 15 is 0 Å². The van der Waals surface area contributed by atoms with Gasteiger partial charge in [-0.1, -0.05) is 61.5 Å². The summed E-state index contributed by atoms with van der Waals surface area (Å²) in [4.78, 5) is 44.1. The number of aromatic nitrogens is 1. The minimum absolute atomic E-state index is 0.354. The number of carbonyl (C=O) groups excluding carboxylic acids is 3. The van der Waals surface area contributed by atoms with Gasteiger partial charge in [0.25, 0.3) is 5.91 Å². The van der Waals surface area contributed by atoms with E-state index in [1.54, 1.807) is 23.5 Å². The molecule has 3 aromatic carbocycles. The maximum Gasteiger partial charge on any atom is 0.325 e. The number of imide groups is 1. The molecule has 2 N–H and O–H groups in total. The van der Waals surface area contributed by atoms with Crippen LogP contribution in [0.5, 0.6) is 0 Å². The van der Waals surface area contributed by atoms with Gasteiger partial charge in [-0.15, -0.1) is 11.3 Å². The van der Waals surface area contributed by atoms with Gasteiger partial charge in [-0.05, 0) is 41.8 Å². The van der Waals surface area contributed by atoms with Crippen LogP contribution in [-0.2, 0) is 21.5 Å². The van der Waals surface area contributed by atoms with Crippen LogP contribution >= 0.6 is 11.3 Å². The van der Waals surface area contributed by atoms with Crippen LogP contribution < -0.4 is 10.6 Å². The van der Waals surface area contributed by atoms with Crippen LogP contribution in [-0.4, -0.2) is 34.3 Å². The Morgan fingerprint density at radius 1 is 1.00 bits per heavy atom. The van der Waals surface area contributed by atoms with Gasteiger partial charge in [0.05, 0.1) is 15.2 Å². The fourth-order valence-corrected chi connectivity index (χ4v) is 5.35. The minimum Gasteiger partial charge on any atom is -0.325 e. The number of amides is 4. The molecule has 0 bridgehead atoms. The van der Waals surface area contributed by atoms with Crippen LogP contribution in [0.3, 0.4) is 0 Å². The van der Waals surface area contributed by atoms with Crippen molar-refractivity contribution < 1.29 is 14.4 Å². The highest BCUT2D eigenvalue weighted by atomic mass is 32.1. The van der Waals surface area contributed by atoms with E-state index in [4.69, 9.17) is 0 Å². The highest BCUT2D eigenvalue weighted by molar-refractivity contribution is 7.18. The Labute approximate surface area is 206 Å². The quantitative estimate of drug-likeness (QED) is 0.373. The second-order valence-corrected chi connectivity index (χ2v) is 9.56. The first kappa shape index (κ1) is 22.7. The van der Waals surface area contributed by atoms with Crippen LogP contribution in [0.25, 0.3) is 10.2 Å². The monoisotopic (exact) mass is 484 g/mol. The minimum atomic E-state index is -1.15. The molecule has 8 heteroatoms. The molecule has 176 valence electrons. The Hall–Kier alpha value is -4.04. The molecule has 0 aliphatic carbocycles. The molecule has 5 rings (SSSR count). The van der Waals surface area contributed by atoms with Crippen molar-refractivity contribution in [3.63, 3.8) is 0 Å². The van der Waals surface area contributed by atoms with Crippen molar-refractivity contribution in [3.05, 3.63) is 95.0 Å².